The van der Waals surface area contributed by atoms with Crippen molar-refractivity contribution in [2.75, 3.05) is 0 Å². The second-order valence-corrected chi connectivity index (χ2v) is 6.37. The highest BCUT2D eigenvalue weighted by atomic mass is 16.4. The Kier molecular flexibility index (Phi) is 15.4. The fraction of sp³-hybridized carbons (Fsp3) is 0.944. The molecule has 0 saturated heterocycles. The Morgan fingerprint density at radius 1 is 0.810 bits per heavy atom. The molecule has 0 spiro atoms. The third kappa shape index (κ3) is 14.1. The van der Waals surface area contributed by atoms with Gasteiger partial charge in [0.05, 0.1) is 5.71 Å². The molecule has 0 heterocycles. The maximum Gasteiger partial charge on any atom is 0.0734 e. The summed E-state index contributed by atoms with van der Waals surface area (Å²) < 4.78 is 0. The van der Waals surface area contributed by atoms with E-state index in [0.717, 1.165) is 18.6 Å². The zero-order valence-electron chi connectivity index (χ0n) is 14.4. The van der Waals surface area contributed by atoms with E-state index < -0.39 is 0 Å². The second-order valence-electron chi connectivity index (χ2n) is 6.37. The lowest BCUT2D eigenvalue weighted by atomic mass is 10.0. The summed E-state index contributed by atoms with van der Waals surface area (Å²) in [4.78, 5) is 0. The van der Waals surface area contributed by atoms with Crippen LogP contribution >= 0.6 is 0 Å². The molecule has 0 bridgehead atoms. The van der Waals surface area contributed by atoms with Crippen LogP contribution in [0.5, 0.6) is 0 Å². The quantitative estimate of drug-likeness (QED) is 0.178. The number of hydrogen-bond acceptors (Lipinski definition) is 3. The number of nitrogens with zero attached hydrogens (tertiary/aromatic N) is 1. The molecule has 0 aromatic rings. The predicted octanol–water partition coefficient (Wildman–Crippen LogP) is 5.65. The maximum atomic E-state index is 8.80. The van der Waals surface area contributed by atoms with Crippen LogP contribution in [0.3, 0.4) is 0 Å². The first-order valence-corrected chi connectivity index (χ1v) is 9.18. The fourth-order valence-corrected chi connectivity index (χ4v) is 2.69. The number of oxime groups is 1. The van der Waals surface area contributed by atoms with Gasteiger partial charge in [0, 0.05) is 6.04 Å². The van der Waals surface area contributed by atoms with Gasteiger partial charge in [-0.3, -0.25) is 0 Å². The van der Waals surface area contributed by atoms with Crippen LogP contribution in [0.1, 0.15) is 104 Å². The number of rotatable bonds is 15. The summed E-state index contributed by atoms with van der Waals surface area (Å²) in [5.41, 5.74) is 6.44. The molecule has 0 radical (unpaired) electrons. The number of nitrogens with two attached hydrogens (primary N) is 1. The van der Waals surface area contributed by atoms with Crippen LogP contribution in [0.25, 0.3) is 0 Å². The van der Waals surface area contributed by atoms with Gasteiger partial charge in [-0.25, -0.2) is 0 Å². The molecular weight excluding hydrogens is 260 g/mol. The summed E-state index contributed by atoms with van der Waals surface area (Å²) >= 11 is 0. The summed E-state index contributed by atoms with van der Waals surface area (Å²) in [7, 11) is 0. The molecule has 0 aliphatic carbocycles. The standard InChI is InChI=1S/C18H38N2O/c1-3-4-5-6-7-8-9-10-11-12-13-14-15-16-18(20-21)17(2)19/h17,21H,3-16,19H2,1-2H3/b20-18+/t17-/m0/s1. The highest BCUT2D eigenvalue weighted by Gasteiger charge is 2.05. The summed E-state index contributed by atoms with van der Waals surface area (Å²) in [6, 6.07) is -0.118. The Morgan fingerprint density at radius 2 is 1.19 bits per heavy atom. The lowest BCUT2D eigenvalue weighted by Crippen LogP contribution is -2.26. The van der Waals surface area contributed by atoms with E-state index in [1.54, 1.807) is 0 Å². The summed E-state index contributed by atoms with van der Waals surface area (Å²) in [6.07, 6.45) is 18.5. The van der Waals surface area contributed by atoms with Crippen molar-refractivity contribution in [3.63, 3.8) is 0 Å². The lowest BCUT2D eigenvalue weighted by molar-refractivity contribution is 0.315. The average molecular weight is 299 g/mol. The minimum atomic E-state index is -0.118. The fourth-order valence-electron chi connectivity index (χ4n) is 2.69. The largest absolute Gasteiger partial charge is 0.411 e. The Labute approximate surface area is 132 Å². The molecule has 0 unspecified atom stereocenters. The molecule has 126 valence electrons. The van der Waals surface area contributed by atoms with Crippen LogP contribution in [-0.4, -0.2) is 17.0 Å². The zero-order chi connectivity index (χ0) is 15.8. The van der Waals surface area contributed by atoms with E-state index in [9.17, 15) is 0 Å². The third-order valence-electron chi connectivity index (χ3n) is 4.19. The van der Waals surface area contributed by atoms with E-state index in [0.29, 0.717) is 0 Å². The highest BCUT2D eigenvalue weighted by Crippen LogP contribution is 2.13. The van der Waals surface area contributed by atoms with Crippen molar-refractivity contribution in [2.45, 2.75) is 110 Å². The molecule has 0 rings (SSSR count). The van der Waals surface area contributed by atoms with Crippen molar-refractivity contribution in [3.8, 4) is 0 Å². The molecule has 3 heteroatoms. The maximum absolute atomic E-state index is 8.80. The monoisotopic (exact) mass is 298 g/mol. The van der Waals surface area contributed by atoms with Crippen molar-refractivity contribution in [3.05, 3.63) is 0 Å². The molecule has 0 aliphatic rings. The first-order valence-electron chi connectivity index (χ1n) is 9.18. The van der Waals surface area contributed by atoms with Crippen LogP contribution in [0.2, 0.25) is 0 Å². The van der Waals surface area contributed by atoms with Gasteiger partial charge in [0.25, 0.3) is 0 Å². The molecule has 3 N–H and O–H groups in total. The average Bonchev–Trinajstić information content (AvgIpc) is 2.47. The molecule has 0 aromatic carbocycles. The third-order valence-corrected chi connectivity index (χ3v) is 4.19. The normalized spacial score (nSPS) is 13.6. The highest BCUT2D eigenvalue weighted by molar-refractivity contribution is 5.88. The molecule has 3 nitrogen and oxygen atoms in total. The molecule has 0 fully saturated rings. The number of hydrogen-bond donors (Lipinski definition) is 2. The van der Waals surface area contributed by atoms with E-state index in [1.807, 2.05) is 6.92 Å². The Balaban J connectivity index is 3.16. The van der Waals surface area contributed by atoms with Gasteiger partial charge < -0.3 is 10.9 Å². The van der Waals surface area contributed by atoms with E-state index >= 15 is 0 Å². The molecule has 1 atom stereocenters. The van der Waals surface area contributed by atoms with Crippen LogP contribution in [0, 0.1) is 0 Å². The molecule has 0 amide bonds. The van der Waals surface area contributed by atoms with Crippen molar-refractivity contribution in [2.24, 2.45) is 10.9 Å². The molecule has 0 saturated carbocycles. The van der Waals surface area contributed by atoms with Gasteiger partial charge in [0.1, 0.15) is 0 Å². The smallest absolute Gasteiger partial charge is 0.0734 e. The molecule has 21 heavy (non-hydrogen) atoms. The van der Waals surface area contributed by atoms with Gasteiger partial charge in [-0.05, 0) is 19.8 Å². The predicted molar refractivity (Wildman–Crippen MR) is 93.2 cm³/mol. The van der Waals surface area contributed by atoms with Crippen molar-refractivity contribution < 1.29 is 5.21 Å². The van der Waals surface area contributed by atoms with Gasteiger partial charge >= 0.3 is 0 Å². The van der Waals surface area contributed by atoms with Crippen LogP contribution < -0.4 is 5.73 Å². The minimum Gasteiger partial charge on any atom is -0.411 e. The summed E-state index contributed by atoms with van der Waals surface area (Å²) in [5, 5.41) is 12.1. The molecular formula is C18H38N2O. The SMILES string of the molecule is CCCCCCCCCCCCCCC/C(=N\O)[C@H](C)N. The topological polar surface area (TPSA) is 58.6 Å². The van der Waals surface area contributed by atoms with Gasteiger partial charge in [-0.2, -0.15) is 0 Å². The Morgan fingerprint density at radius 3 is 1.52 bits per heavy atom. The van der Waals surface area contributed by atoms with E-state index in [-0.39, 0.29) is 6.04 Å². The summed E-state index contributed by atoms with van der Waals surface area (Å²) in [6.45, 7) is 4.14. The van der Waals surface area contributed by atoms with Crippen molar-refractivity contribution in [1.29, 1.82) is 0 Å². The first-order chi connectivity index (χ1) is 10.2. The van der Waals surface area contributed by atoms with Gasteiger partial charge in [-0.15, -0.1) is 0 Å². The van der Waals surface area contributed by atoms with Gasteiger partial charge in [0.15, 0.2) is 0 Å². The number of unbranched alkanes of at least 4 members (excludes halogenated alkanes) is 12. The van der Waals surface area contributed by atoms with Crippen LogP contribution in [-0.2, 0) is 0 Å². The zero-order valence-corrected chi connectivity index (χ0v) is 14.4. The van der Waals surface area contributed by atoms with E-state index in [1.165, 1.54) is 77.0 Å². The summed E-state index contributed by atoms with van der Waals surface area (Å²) in [5.74, 6) is 0. The Bertz CT molecular complexity index is 239. The minimum absolute atomic E-state index is 0.118. The van der Waals surface area contributed by atoms with Crippen LogP contribution in [0.4, 0.5) is 0 Å². The Hall–Kier alpha value is -0.570. The van der Waals surface area contributed by atoms with Gasteiger partial charge in [-0.1, -0.05) is 89.1 Å². The van der Waals surface area contributed by atoms with Gasteiger partial charge in [0.2, 0.25) is 0 Å². The van der Waals surface area contributed by atoms with E-state index in [4.69, 9.17) is 10.9 Å². The van der Waals surface area contributed by atoms with Crippen molar-refractivity contribution in [1.82, 2.24) is 0 Å². The van der Waals surface area contributed by atoms with E-state index in [2.05, 4.69) is 12.1 Å². The second kappa shape index (κ2) is 15.8. The molecule has 0 aliphatic heterocycles. The lowest BCUT2D eigenvalue weighted by Gasteiger charge is -2.07. The molecule has 0 aromatic heterocycles. The first kappa shape index (κ1) is 20.4. The van der Waals surface area contributed by atoms with Crippen LogP contribution in [0.15, 0.2) is 5.16 Å². The van der Waals surface area contributed by atoms with Crippen molar-refractivity contribution >= 4 is 5.71 Å².